The first-order valence-electron chi connectivity index (χ1n) is 8.63. The van der Waals surface area contributed by atoms with Gasteiger partial charge < -0.3 is 20.5 Å². The molecule has 2 amide bonds. The Kier molecular flexibility index (Phi) is 3.89. The summed E-state index contributed by atoms with van der Waals surface area (Å²) in [4.78, 5) is 12.4. The number of ether oxygens (including phenoxy) is 1. The third kappa shape index (κ3) is 2.78. The van der Waals surface area contributed by atoms with Crippen molar-refractivity contribution in [2.24, 2.45) is 17.8 Å². The molecule has 1 aromatic carbocycles. The summed E-state index contributed by atoms with van der Waals surface area (Å²) in [7, 11) is 0. The second-order valence-corrected chi connectivity index (χ2v) is 7.14. The highest BCUT2D eigenvalue weighted by Gasteiger charge is 2.47. The minimum Gasteiger partial charge on any atom is -0.491 e. The Morgan fingerprint density at radius 3 is 2.91 bits per heavy atom. The molecular formula is C18H24N2O3. The van der Waals surface area contributed by atoms with E-state index in [4.69, 9.17) is 4.74 Å². The van der Waals surface area contributed by atoms with E-state index in [-0.39, 0.29) is 30.6 Å². The summed E-state index contributed by atoms with van der Waals surface area (Å²) in [5.41, 5.74) is 1.14. The number of urea groups is 1. The molecule has 23 heavy (non-hydrogen) atoms. The van der Waals surface area contributed by atoms with E-state index in [1.54, 1.807) is 0 Å². The van der Waals surface area contributed by atoms with Crippen molar-refractivity contribution in [2.45, 2.75) is 37.8 Å². The van der Waals surface area contributed by atoms with Crippen molar-refractivity contribution >= 4 is 6.03 Å². The van der Waals surface area contributed by atoms with Crippen LogP contribution in [0.4, 0.5) is 4.79 Å². The zero-order valence-electron chi connectivity index (χ0n) is 13.2. The Morgan fingerprint density at radius 2 is 2.04 bits per heavy atom. The molecule has 2 saturated carbocycles. The number of amides is 2. The summed E-state index contributed by atoms with van der Waals surface area (Å²) in [5, 5.41) is 15.8. The van der Waals surface area contributed by atoms with Crippen molar-refractivity contribution < 1.29 is 14.6 Å². The van der Waals surface area contributed by atoms with Crippen LogP contribution in [0.2, 0.25) is 0 Å². The monoisotopic (exact) mass is 316 g/mol. The van der Waals surface area contributed by atoms with Gasteiger partial charge in [0.2, 0.25) is 0 Å². The zero-order valence-corrected chi connectivity index (χ0v) is 13.2. The molecule has 3 aliphatic rings. The smallest absolute Gasteiger partial charge is 0.315 e. The number of hydrogen-bond donors (Lipinski definition) is 3. The molecule has 1 heterocycles. The molecule has 2 bridgehead atoms. The third-order valence-corrected chi connectivity index (χ3v) is 5.81. The Labute approximate surface area is 136 Å². The van der Waals surface area contributed by atoms with Crippen molar-refractivity contribution in [1.29, 1.82) is 0 Å². The van der Waals surface area contributed by atoms with E-state index in [9.17, 15) is 9.90 Å². The van der Waals surface area contributed by atoms with Crippen molar-refractivity contribution in [3.8, 4) is 5.75 Å². The fraction of sp³-hybridized carbons (Fsp3) is 0.611. The normalized spacial score (nSPS) is 34.6. The number of benzene rings is 1. The van der Waals surface area contributed by atoms with E-state index in [0.717, 1.165) is 24.2 Å². The Hall–Kier alpha value is -1.75. The highest BCUT2D eigenvalue weighted by molar-refractivity contribution is 5.75. The van der Waals surface area contributed by atoms with Crippen LogP contribution < -0.4 is 15.4 Å². The SMILES string of the molecule is O=C(NC1COc2ccccc2C1)NC1C2CCC(C2)C1CO. The molecule has 5 atom stereocenters. The van der Waals surface area contributed by atoms with Crippen LogP contribution in [0.1, 0.15) is 24.8 Å². The summed E-state index contributed by atoms with van der Waals surface area (Å²) in [6, 6.07) is 7.95. The van der Waals surface area contributed by atoms with Crippen LogP contribution in [-0.2, 0) is 6.42 Å². The quantitative estimate of drug-likeness (QED) is 0.795. The number of fused-ring (bicyclic) bond motifs is 3. The second-order valence-electron chi connectivity index (χ2n) is 7.14. The Balaban J connectivity index is 1.34. The average Bonchev–Trinajstić information content (AvgIpc) is 3.16. The van der Waals surface area contributed by atoms with Gasteiger partial charge in [0.1, 0.15) is 12.4 Å². The predicted molar refractivity (Wildman–Crippen MR) is 86.3 cm³/mol. The molecule has 3 N–H and O–H groups in total. The number of para-hydroxylation sites is 1. The maximum absolute atomic E-state index is 12.4. The summed E-state index contributed by atoms with van der Waals surface area (Å²) in [6.07, 6.45) is 4.31. The fourth-order valence-electron chi connectivity index (χ4n) is 4.70. The molecule has 5 nitrogen and oxygen atoms in total. The van der Waals surface area contributed by atoms with Gasteiger partial charge in [-0.05, 0) is 49.1 Å². The van der Waals surface area contributed by atoms with Crippen molar-refractivity contribution in [3.05, 3.63) is 29.8 Å². The molecule has 4 rings (SSSR count). The maximum atomic E-state index is 12.4. The summed E-state index contributed by atoms with van der Waals surface area (Å²) in [5.74, 6) is 2.26. The minimum atomic E-state index is -0.131. The van der Waals surface area contributed by atoms with Crippen LogP contribution in [0.25, 0.3) is 0 Å². The summed E-state index contributed by atoms with van der Waals surface area (Å²) < 4.78 is 5.72. The molecule has 5 unspecified atom stereocenters. The van der Waals surface area contributed by atoms with Gasteiger partial charge in [-0.25, -0.2) is 4.79 Å². The number of carbonyl (C=O) groups is 1. The van der Waals surface area contributed by atoms with Gasteiger partial charge in [0.15, 0.2) is 0 Å². The van der Waals surface area contributed by atoms with E-state index in [1.165, 1.54) is 12.8 Å². The lowest BCUT2D eigenvalue weighted by atomic mass is 9.85. The minimum absolute atomic E-state index is 0.00364. The highest BCUT2D eigenvalue weighted by atomic mass is 16.5. The first-order chi connectivity index (χ1) is 11.2. The van der Waals surface area contributed by atoms with Gasteiger partial charge in [-0.1, -0.05) is 18.2 Å². The van der Waals surface area contributed by atoms with E-state index >= 15 is 0 Å². The highest BCUT2D eigenvalue weighted by Crippen LogP contribution is 2.48. The van der Waals surface area contributed by atoms with Crippen LogP contribution >= 0.6 is 0 Å². The largest absolute Gasteiger partial charge is 0.491 e. The van der Waals surface area contributed by atoms with E-state index in [2.05, 4.69) is 10.6 Å². The van der Waals surface area contributed by atoms with Gasteiger partial charge in [0.25, 0.3) is 0 Å². The molecule has 0 aromatic heterocycles. The topological polar surface area (TPSA) is 70.6 Å². The van der Waals surface area contributed by atoms with Gasteiger partial charge in [-0.15, -0.1) is 0 Å². The van der Waals surface area contributed by atoms with Crippen LogP contribution in [0, 0.1) is 17.8 Å². The van der Waals surface area contributed by atoms with Crippen LogP contribution in [0.5, 0.6) is 5.75 Å². The van der Waals surface area contributed by atoms with E-state index in [0.29, 0.717) is 18.4 Å². The molecule has 124 valence electrons. The maximum Gasteiger partial charge on any atom is 0.315 e. The first kappa shape index (κ1) is 14.8. The summed E-state index contributed by atoms with van der Waals surface area (Å²) in [6.45, 7) is 0.677. The molecule has 2 fully saturated rings. The summed E-state index contributed by atoms with van der Waals surface area (Å²) >= 11 is 0. The van der Waals surface area contributed by atoms with E-state index < -0.39 is 0 Å². The van der Waals surface area contributed by atoms with E-state index in [1.807, 2.05) is 24.3 Å². The van der Waals surface area contributed by atoms with Gasteiger partial charge >= 0.3 is 6.03 Å². The molecule has 1 aliphatic heterocycles. The lowest BCUT2D eigenvalue weighted by Gasteiger charge is -2.32. The van der Waals surface area contributed by atoms with Crippen molar-refractivity contribution in [3.63, 3.8) is 0 Å². The van der Waals surface area contributed by atoms with Gasteiger partial charge in [-0.3, -0.25) is 0 Å². The fourth-order valence-corrected chi connectivity index (χ4v) is 4.70. The van der Waals surface area contributed by atoms with Crippen molar-refractivity contribution in [1.82, 2.24) is 10.6 Å². The number of rotatable bonds is 3. The molecular weight excluding hydrogens is 292 g/mol. The van der Waals surface area contributed by atoms with Gasteiger partial charge in [0, 0.05) is 18.6 Å². The number of carbonyl (C=O) groups excluding carboxylic acids is 1. The molecule has 0 saturated heterocycles. The molecule has 5 heteroatoms. The number of nitrogens with one attached hydrogen (secondary N) is 2. The Bertz CT molecular complexity index is 591. The van der Waals surface area contributed by atoms with Crippen LogP contribution in [0.3, 0.4) is 0 Å². The average molecular weight is 316 g/mol. The Morgan fingerprint density at radius 1 is 1.22 bits per heavy atom. The molecule has 2 aliphatic carbocycles. The third-order valence-electron chi connectivity index (χ3n) is 5.81. The molecule has 1 aromatic rings. The number of hydrogen-bond acceptors (Lipinski definition) is 3. The number of aliphatic hydroxyl groups is 1. The van der Waals surface area contributed by atoms with Crippen LogP contribution in [0.15, 0.2) is 24.3 Å². The second kappa shape index (κ2) is 6.04. The van der Waals surface area contributed by atoms with Gasteiger partial charge in [-0.2, -0.15) is 0 Å². The number of aliphatic hydroxyl groups excluding tert-OH is 1. The lowest BCUT2D eigenvalue weighted by Crippen LogP contribution is -2.53. The zero-order chi connectivity index (χ0) is 15.8. The lowest BCUT2D eigenvalue weighted by molar-refractivity contribution is 0.142. The van der Waals surface area contributed by atoms with Crippen LogP contribution in [-0.4, -0.2) is 36.4 Å². The molecule has 0 spiro atoms. The standard InChI is InChI=1S/C18H24N2O3/c21-9-15-11-5-6-13(7-11)17(15)20-18(22)19-14-8-12-3-1-2-4-16(12)23-10-14/h1-4,11,13-15,17,21H,5-10H2,(H2,19,20,22). The first-order valence-corrected chi connectivity index (χ1v) is 8.63. The van der Waals surface area contributed by atoms with Crippen molar-refractivity contribution in [2.75, 3.05) is 13.2 Å². The predicted octanol–water partition coefficient (Wildman–Crippen LogP) is 1.70. The van der Waals surface area contributed by atoms with Gasteiger partial charge in [0.05, 0.1) is 6.04 Å². The molecule has 0 radical (unpaired) electrons.